The number of nitrogens with zero attached hydrogens (tertiary/aromatic N) is 5. The van der Waals surface area contributed by atoms with Crippen molar-refractivity contribution in [1.29, 1.82) is 0 Å². The summed E-state index contributed by atoms with van der Waals surface area (Å²) >= 11 is 0. The van der Waals surface area contributed by atoms with Crippen molar-refractivity contribution in [3.8, 4) is 28.7 Å². The van der Waals surface area contributed by atoms with E-state index >= 15 is 0 Å². The molecule has 7 N–H and O–H groups in total. The van der Waals surface area contributed by atoms with Crippen LogP contribution in [-0.4, -0.2) is 66.8 Å². The van der Waals surface area contributed by atoms with E-state index in [1.165, 1.54) is 5.56 Å². The fourth-order valence-electron chi connectivity index (χ4n) is 5.47. The van der Waals surface area contributed by atoms with Gasteiger partial charge in [-0.15, -0.1) is 0 Å². The van der Waals surface area contributed by atoms with Gasteiger partial charge in [-0.2, -0.15) is 10.2 Å². The number of pyridine rings is 2. The molecule has 0 atom stereocenters. The molecule has 0 aliphatic carbocycles. The molecular weight excluding hydrogens is 763 g/mol. The van der Waals surface area contributed by atoms with Crippen LogP contribution >= 0.6 is 0 Å². The maximum absolute atomic E-state index is 12.5. The fourth-order valence-corrected chi connectivity index (χ4v) is 5.47. The summed E-state index contributed by atoms with van der Waals surface area (Å²) in [6.07, 6.45) is 9.14. The molecule has 4 amide bonds. The number of benzene rings is 3. The van der Waals surface area contributed by atoms with Crippen LogP contribution in [0.4, 0.5) is 32.6 Å². The molecule has 0 spiro atoms. The number of H-pyrrole nitrogens is 1. The smallest absolute Gasteiger partial charge is 0.324 e. The summed E-state index contributed by atoms with van der Waals surface area (Å²) in [5, 5.41) is 34.5. The van der Waals surface area contributed by atoms with Crippen molar-refractivity contribution in [1.82, 2.24) is 35.3 Å². The molecule has 7 aromatic rings. The van der Waals surface area contributed by atoms with Crippen LogP contribution in [0, 0.1) is 0 Å². The van der Waals surface area contributed by atoms with Crippen molar-refractivity contribution in [2.75, 3.05) is 41.0 Å². The predicted molar refractivity (Wildman–Crippen MR) is 231 cm³/mol. The molecule has 16 heteroatoms. The van der Waals surface area contributed by atoms with E-state index in [1.54, 1.807) is 115 Å². The molecule has 60 heavy (non-hydrogen) atoms. The summed E-state index contributed by atoms with van der Waals surface area (Å²) in [7, 11) is 0. The average Bonchev–Trinajstić information content (AvgIpc) is 3.92. The van der Waals surface area contributed by atoms with Crippen LogP contribution in [-0.2, 0) is 11.8 Å². The molecule has 3 aromatic carbocycles. The Balaban J connectivity index is 0.000000209. The van der Waals surface area contributed by atoms with Gasteiger partial charge in [0.1, 0.15) is 28.8 Å². The van der Waals surface area contributed by atoms with Gasteiger partial charge in [-0.1, -0.05) is 32.9 Å². The maximum atomic E-state index is 12.5. The lowest BCUT2D eigenvalue weighted by molar-refractivity contribution is 0.261. The van der Waals surface area contributed by atoms with Crippen LogP contribution in [0.25, 0.3) is 5.69 Å². The number of aliphatic hydroxyl groups excluding tert-OH is 1. The van der Waals surface area contributed by atoms with Gasteiger partial charge < -0.3 is 30.5 Å². The highest BCUT2D eigenvalue weighted by atomic mass is 16.5. The highest BCUT2D eigenvalue weighted by Crippen LogP contribution is 2.25. The number of hydrogen-bond acceptors (Lipinski definition) is 10. The Bertz CT molecular complexity index is 2380. The fraction of sp³-hybridized carbons (Fsp3) is 0.182. The number of aromatic amines is 1. The number of nitrogens with one attached hydrogen (secondary N) is 6. The Labute approximate surface area is 347 Å². The van der Waals surface area contributed by atoms with Crippen molar-refractivity contribution in [2.45, 2.75) is 32.6 Å². The van der Waals surface area contributed by atoms with Gasteiger partial charge in [-0.25, -0.2) is 14.3 Å². The minimum absolute atomic E-state index is 0.0615. The second-order valence-corrected chi connectivity index (χ2v) is 14.2. The molecular formula is C44H47N11O5. The van der Waals surface area contributed by atoms with Crippen molar-refractivity contribution >= 4 is 35.1 Å². The van der Waals surface area contributed by atoms with Crippen molar-refractivity contribution in [3.05, 3.63) is 151 Å². The quantitative estimate of drug-likeness (QED) is 0.0523. The number of aromatic nitrogens is 6. The maximum Gasteiger partial charge on any atom is 0.324 e. The molecule has 0 saturated carbocycles. The van der Waals surface area contributed by atoms with Crippen LogP contribution in [0.15, 0.2) is 140 Å². The number of anilines is 4. The zero-order chi connectivity index (χ0) is 42.2. The minimum atomic E-state index is -0.379. The van der Waals surface area contributed by atoms with E-state index < -0.39 is 0 Å². The van der Waals surface area contributed by atoms with Crippen molar-refractivity contribution < 1.29 is 24.2 Å². The molecule has 308 valence electrons. The first-order valence-corrected chi connectivity index (χ1v) is 19.1. The number of rotatable bonds is 14. The molecule has 0 unspecified atom stereocenters. The van der Waals surface area contributed by atoms with Gasteiger partial charge in [0, 0.05) is 65.9 Å². The zero-order valence-electron chi connectivity index (χ0n) is 33.4. The molecule has 0 fully saturated rings. The lowest BCUT2D eigenvalue weighted by Crippen LogP contribution is -2.21. The lowest BCUT2D eigenvalue weighted by atomic mass is 9.92. The van der Waals surface area contributed by atoms with Crippen LogP contribution in [0.3, 0.4) is 0 Å². The van der Waals surface area contributed by atoms with Gasteiger partial charge in [0.2, 0.25) is 0 Å². The standard InChI is InChI=1S/C25H26N6O3.C19H21N5O2/c32-18-17-27-13-9-19-1-5-21(6-2-19)31-24(12-16-28-31)30-25(33)29-20-3-7-22(8-4-20)34-23-10-14-26-15-11-23;1-19(2,3)16-12-17(24-23-16)22-18(25)21-13-4-6-14(7-5-13)26-15-8-10-20-11-9-15/h1-8,10-12,14-16,27,32H,9,13,17-18H2,(H2,29,30,33);4-12H,1-3H3,(H3,21,22,23,24,25). The second-order valence-electron chi connectivity index (χ2n) is 14.2. The number of carbonyl (C=O) groups excluding carboxylic acids is 2. The van der Waals surface area contributed by atoms with E-state index in [-0.39, 0.29) is 24.1 Å². The Morgan fingerprint density at radius 1 is 0.650 bits per heavy atom. The molecule has 0 bridgehead atoms. The van der Waals surface area contributed by atoms with E-state index in [1.807, 2.05) is 30.3 Å². The first-order chi connectivity index (χ1) is 29.1. The zero-order valence-corrected chi connectivity index (χ0v) is 33.4. The third kappa shape index (κ3) is 13.0. The van der Waals surface area contributed by atoms with Gasteiger partial charge in [0.25, 0.3) is 0 Å². The van der Waals surface area contributed by atoms with Gasteiger partial charge in [0.15, 0.2) is 5.82 Å². The van der Waals surface area contributed by atoms with Crippen LogP contribution < -0.4 is 36.1 Å². The molecule has 0 saturated heterocycles. The summed E-state index contributed by atoms with van der Waals surface area (Å²) in [6.45, 7) is 7.73. The molecule has 4 aromatic heterocycles. The summed E-state index contributed by atoms with van der Waals surface area (Å²) in [4.78, 5) is 32.5. The Morgan fingerprint density at radius 2 is 1.18 bits per heavy atom. The highest BCUT2D eigenvalue weighted by Gasteiger charge is 2.17. The van der Waals surface area contributed by atoms with Crippen LogP contribution in [0.2, 0.25) is 0 Å². The van der Waals surface area contributed by atoms with Gasteiger partial charge in [-0.3, -0.25) is 25.7 Å². The topological polar surface area (TPSA) is 205 Å². The third-order valence-electron chi connectivity index (χ3n) is 8.57. The molecule has 0 aliphatic rings. The highest BCUT2D eigenvalue weighted by molar-refractivity contribution is 6.00. The first-order valence-electron chi connectivity index (χ1n) is 19.1. The largest absolute Gasteiger partial charge is 0.457 e. The van der Waals surface area contributed by atoms with Gasteiger partial charge >= 0.3 is 12.1 Å². The molecule has 7 rings (SSSR count). The Morgan fingerprint density at radius 3 is 1.70 bits per heavy atom. The third-order valence-corrected chi connectivity index (χ3v) is 8.57. The normalized spacial score (nSPS) is 10.8. The average molecular weight is 810 g/mol. The Hall–Kier alpha value is -7.56. The van der Waals surface area contributed by atoms with Crippen LogP contribution in [0.5, 0.6) is 23.0 Å². The molecule has 4 heterocycles. The number of urea groups is 2. The SMILES string of the molecule is CC(C)(C)c1cc(NC(=O)Nc2ccc(Oc3ccncc3)cc2)n[nH]1.O=C(Nc1ccc(Oc2ccncc2)cc1)Nc1ccnn1-c1ccc(CCNCCO)cc1. The van der Waals surface area contributed by atoms with E-state index in [0.717, 1.165) is 24.3 Å². The number of aliphatic hydroxyl groups is 1. The van der Waals surface area contributed by atoms with E-state index in [4.69, 9.17) is 14.6 Å². The predicted octanol–water partition coefficient (Wildman–Crippen LogP) is 8.37. The van der Waals surface area contributed by atoms with Gasteiger partial charge in [-0.05, 0) is 103 Å². The monoisotopic (exact) mass is 809 g/mol. The molecule has 16 nitrogen and oxygen atoms in total. The number of ether oxygens (including phenoxy) is 2. The summed E-state index contributed by atoms with van der Waals surface area (Å²) < 4.78 is 13.1. The number of carbonyl (C=O) groups is 2. The van der Waals surface area contributed by atoms with Crippen LogP contribution in [0.1, 0.15) is 32.0 Å². The summed E-state index contributed by atoms with van der Waals surface area (Å²) in [5.41, 5.74) is 4.18. The first kappa shape index (κ1) is 42.1. The summed E-state index contributed by atoms with van der Waals surface area (Å²) in [6, 6.07) is 32.0. The second kappa shape index (κ2) is 20.7. The van der Waals surface area contributed by atoms with Gasteiger partial charge in [0.05, 0.1) is 18.5 Å². The van der Waals surface area contributed by atoms with E-state index in [2.05, 4.69) is 72.6 Å². The van der Waals surface area contributed by atoms with Crippen molar-refractivity contribution in [2.24, 2.45) is 0 Å². The number of amides is 4. The summed E-state index contributed by atoms with van der Waals surface area (Å²) in [5.74, 6) is 3.74. The number of hydrogen-bond donors (Lipinski definition) is 7. The molecule has 0 aliphatic heterocycles. The Kier molecular flexibility index (Phi) is 14.5. The molecule has 0 radical (unpaired) electrons. The minimum Gasteiger partial charge on any atom is -0.457 e. The van der Waals surface area contributed by atoms with E-state index in [0.29, 0.717) is 52.6 Å². The van der Waals surface area contributed by atoms with E-state index in [9.17, 15) is 9.59 Å². The van der Waals surface area contributed by atoms with Crippen molar-refractivity contribution in [3.63, 3.8) is 0 Å². The lowest BCUT2D eigenvalue weighted by Gasteiger charge is -2.14.